The van der Waals surface area contributed by atoms with Crippen LogP contribution in [-0.4, -0.2) is 38.6 Å². The molecule has 1 aromatic heterocycles. The second-order valence-corrected chi connectivity index (χ2v) is 5.67. The van der Waals surface area contributed by atoms with Gasteiger partial charge in [-0.25, -0.2) is 9.78 Å². The Morgan fingerprint density at radius 2 is 1.88 bits per heavy atom. The Morgan fingerprint density at radius 1 is 1.12 bits per heavy atom. The van der Waals surface area contributed by atoms with Crippen molar-refractivity contribution in [2.45, 2.75) is 19.3 Å². The first-order valence-corrected chi connectivity index (χ1v) is 8.15. The van der Waals surface area contributed by atoms with E-state index >= 15 is 0 Å². The highest BCUT2D eigenvalue weighted by atomic mass is 16.5. The van der Waals surface area contributed by atoms with E-state index < -0.39 is 12.1 Å². The molecule has 26 heavy (non-hydrogen) atoms. The van der Waals surface area contributed by atoms with E-state index in [9.17, 15) is 9.90 Å². The molecule has 0 fully saturated rings. The summed E-state index contributed by atoms with van der Waals surface area (Å²) >= 11 is 0. The van der Waals surface area contributed by atoms with E-state index in [1.807, 2.05) is 30.3 Å². The molecule has 0 amide bonds. The van der Waals surface area contributed by atoms with Crippen LogP contribution in [0.15, 0.2) is 67.3 Å². The van der Waals surface area contributed by atoms with Gasteiger partial charge in [-0.3, -0.25) is 4.68 Å². The van der Waals surface area contributed by atoms with Gasteiger partial charge in [0.15, 0.2) is 0 Å². The summed E-state index contributed by atoms with van der Waals surface area (Å²) in [5, 5.41) is 13.8. The predicted octanol–water partition coefficient (Wildman–Crippen LogP) is 2.07. The van der Waals surface area contributed by atoms with Crippen LogP contribution >= 0.6 is 0 Å². The minimum atomic E-state index is -0.716. The van der Waals surface area contributed by atoms with E-state index in [1.165, 1.54) is 17.3 Å². The minimum absolute atomic E-state index is 0.109. The molecule has 1 unspecified atom stereocenters. The fourth-order valence-corrected chi connectivity index (χ4v) is 2.28. The summed E-state index contributed by atoms with van der Waals surface area (Å²) in [5.74, 6) is 0.161. The predicted molar refractivity (Wildman–Crippen MR) is 93.5 cm³/mol. The fourth-order valence-electron chi connectivity index (χ4n) is 2.28. The second kappa shape index (κ2) is 8.77. The van der Waals surface area contributed by atoms with Crippen LogP contribution in [0.5, 0.6) is 5.75 Å². The van der Waals surface area contributed by atoms with Crippen molar-refractivity contribution in [1.82, 2.24) is 14.8 Å². The molecule has 0 aliphatic carbocycles. The maximum atomic E-state index is 12.1. The number of benzene rings is 2. The molecule has 1 atom stereocenters. The van der Waals surface area contributed by atoms with E-state index in [1.54, 1.807) is 24.3 Å². The Bertz CT molecular complexity index is 805. The second-order valence-electron chi connectivity index (χ2n) is 5.67. The van der Waals surface area contributed by atoms with Crippen LogP contribution < -0.4 is 4.74 Å². The average Bonchev–Trinajstić information content (AvgIpc) is 3.18. The summed E-state index contributed by atoms with van der Waals surface area (Å²) in [4.78, 5) is 15.9. The molecule has 0 saturated carbocycles. The van der Waals surface area contributed by atoms with Crippen LogP contribution in [0.4, 0.5) is 0 Å². The lowest BCUT2D eigenvalue weighted by Crippen LogP contribution is -2.23. The Labute approximate surface area is 150 Å². The van der Waals surface area contributed by atoms with Gasteiger partial charge in [-0.2, -0.15) is 5.10 Å². The molecule has 0 aliphatic heterocycles. The first-order valence-electron chi connectivity index (χ1n) is 8.15. The van der Waals surface area contributed by atoms with Crippen LogP contribution in [0.3, 0.4) is 0 Å². The highest BCUT2D eigenvalue weighted by Crippen LogP contribution is 2.14. The first-order chi connectivity index (χ1) is 12.7. The number of rotatable bonds is 8. The topological polar surface area (TPSA) is 86.5 Å². The van der Waals surface area contributed by atoms with Crippen LogP contribution in [0.2, 0.25) is 0 Å². The van der Waals surface area contributed by atoms with Gasteiger partial charge >= 0.3 is 5.97 Å². The van der Waals surface area contributed by atoms with E-state index in [2.05, 4.69) is 10.1 Å². The van der Waals surface area contributed by atoms with Crippen molar-refractivity contribution in [3.63, 3.8) is 0 Å². The molecule has 2 aromatic carbocycles. The Balaban J connectivity index is 1.46. The number of hydrogen-bond acceptors (Lipinski definition) is 6. The van der Waals surface area contributed by atoms with Gasteiger partial charge in [0.1, 0.15) is 37.7 Å². The zero-order valence-corrected chi connectivity index (χ0v) is 14.1. The fraction of sp³-hybridized carbons (Fsp3) is 0.211. The van der Waals surface area contributed by atoms with E-state index in [0.29, 0.717) is 17.9 Å². The van der Waals surface area contributed by atoms with Crippen molar-refractivity contribution in [2.24, 2.45) is 0 Å². The van der Waals surface area contributed by atoms with Crippen molar-refractivity contribution in [2.75, 3.05) is 6.61 Å². The Kier molecular flexibility index (Phi) is 5.95. The Hall–Kier alpha value is -3.19. The lowest BCUT2D eigenvalue weighted by Gasteiger charge is -2.12. The van der Waals surface area contributed by atoms with Gasteiger partial charge < -0.3 is 14.6 Å². The van der Waals surface area contributed by atoms with Crippen LogP contribution in [0.1, 0.15) is 15.9 Å². The molecule has 0 aliphatic rings. The molecule has 134 valence electrons. The van der Waals surface area contributed by atoms with Crippen molar-refractivity contribution in [3.8, 4) is 5.75 Å². The number of aliphatic hydroxyl groups is 1. The molecule has 1 N–H and O–H groups in total. The SMILES string of the molecule is O=C(OCc1ccccc1)c1ccc(OCC(O)Cn2cncn2)cc1. The van der Waals surface area contributed by atoms with E-state index in [0.717, 1.165) is 5.56 Å². The number of nitrogens with zero attached hydrogens (tertiary/aromatic N) is 3. The smallest absolute Gasteiger partial charge is 0.338 e. The van der Waals surface area contributed by atoms with Gasteiger partial charge in [0.05, 0.1) is 12.1 Å². The number of carbonyl (C=O) groups excluding carboxylic acids is 1. The molecule has 3 rings (SSSR count). The van der Waals surface area contributed by atoms with Gasteiger partial charge in [0.2, 0.25) is 0 Å². The molecule has 7 nitrogen and oxygen atoms in total. The maximum absolute atomic E-state index is 12.1. The van der Waals surface area contributed by atoms with Crippen LogP contribution in [0, 0.1) is 0 Å². The normalized spacial score (nSPS) is 11.7. The number of aliphatic hydroxyl groups excluding tert-OH is 1. The third-order valence-electron chi connectivity index (χ3n) is 3.61. The van der Waals surface area contributed by atoms with Crippen LogP contribution in [-0.2, 0) is 17.9 Å². The van der Waals surface area contributed by atoms with Crippen molar-refractivity contribution in [1.29, 1.82) is 0 Å². The van der Waals surface area contributed by atoms with Crippen LogP contribution in [0.25, 0.3) is 0 Å². The highest BCUT2D eigenvalue weighted by molar-refractivity contribution is 5.89. The quantitative estimate of drug-likeness (QED) is 0.624. The lowest BCUT2D eigenvalue weighted by molar-refractivity contribution is 0.0472. The molecule has 0 spiro atoms. The summed E-state index contributed by atoms with van der Waals surface area (Å²) in [7, 11) is 0. The highest BCUT2D eigenvalue weighted by Gasteiger charge is 2.09. The number of aromatic nitrogens is 3. The van der Waals surface area contributed by atoms with Gasteiger partial charge in [-0.15, -0.1) is 0 Å². The summed E-state index contributed by atoms with van der Waals surface area (Å²) in [5.41, 5.74) is 1.37. The molecular formula is C19H19N3O4. The molecule has 3 aromatic rings. The maximum Gasteiger partial charge on any atom is 0.338 e. The van der Waals surface area contributed by atoms with Crippen molar-refractivity contribution < 1.29 is 19.4 Å². The number of hydrogen-bond donors (Lipinski definition) is 1. The zero-order chi connectivity index (χ0) is 18.2. The van der Waals surface area contributed by atoms with Crippen molar-refractivity contribution in [3.05, 3.63) is 78.4 Å². The van der Waals surface area contributed by atoms with Gasteiger partial charge in [-0.05, 0) is 29.8 Å². The van der Waals surface area contributed by atoms with Gasteiger partial charge in [-0.1, -0.05) is 30.3 Å². The Morgan fingerprint density at radius 3 is 2.58 bits per heavy atom. The third kappa shape index (κ3) is 5.15. The molecule has 7 heteroatoms. The molecule has 0 radical (unpaired) electrons. The third-order valence-corrected chi connectivity index (χ3v) is 3.61. The molecule has 0 saturated heterocycles. The largest absolute Gasteiger partial charge is 0.491 e. The van der Waals surface area contributed by atoms with Gasteiger partial charge in [0.25, 0.3) is 0 Å². The molecule has 0 bridgehead atoms. The summed E-state index contributed by atoms with van der Waals surface area (Å²) in [6.45, 7) is 0.633. The first kappa shape index (κ1) is 17.6. The van der Waals surface area contributed by atoms with Crippen molar-refractivity contribution >= 4 is 5.97 Å². The monoisotopic (exact) mass is 353 g/mol. The molecule has 1 heterocycles. The average molecular weight is 353 g/mol. The molecular weight excluding hydrogens is 334 g/mol. The standard InChI is InChI=1S/C19H19N3O4/c23-17(10-22-14-20-13-21-22)12-25-18-8-6-16(7-9-18)19(24)26-11-15-4-2-1-3-5-15/h1-9,13-14,17,23H,10-12H2. The van der Waals surface area contributed by atoms with Gasteiger partial charge in [0, 0.05) is 0 Å². The number of esters is 1. The summed E-state index contributed by atoms with van der Waals surface area (Å²) in [6, 6.07) is 16.1. The zero-order valence-electron chi connectivity index (χ0n) is 14.1. The van der Waals surface area contributed by atoms with E-state index in [4.69, 9.17) is 9.47 Å². The number of carbonyl (C=O) groups is 1. The number of ether oxygens (including phenoxy) is 2. The lowest BCUT2D eigenvalue weighted by atomic mass is 10.2. The van der Waals surface area contributed by atoms with E-state index in [-0.39, 0.29) is 13.2 Å². The minimum Gasteiger partial charge on any atom is -0.491 e. The summed E-state index contributed by atoms with van der Waals surface area (Å²) < 4.78 is 12.3. The summed E-state index contributed by atoms with van der Waals surface area (Å²) in [6.07, 6.45) is 2.22.